The van der Waals surface area contributed by atoms with E-state index in [1.54, 1.807) is 0 Å². The third-order valence-electron chi connectivity index (χ3n) is 3.71. The van der Waals surface area contributed by atoms with Crippen LogP contribution in [0.4, 0.5) is 5.82 Å². The van der Waals surface area contributed by atoms with Crippen molar-refractivity contribution in [3.63, 3.8) is 0 Å². The number of aliphatic carboxylic acids is 1. The number of carboxylic acid groups (broad SMARTS) is 1. The zero-order chi connectivity index (χ0) is 17.4. The molecule has 11 heteroatoms. The topological polar surface area (TPSA) is 192 Å². The number of anilines is 1. The van der Waals surface area contributed by atoms with Gasteiger partial charge in [-0.25, -0.2) is 4.79 Å². The van der Waals surface area contributed by atoms with Gasteiger partial charge in [0.25, 0.3) is 0 Å². The van der Waals surface area contributed by atoms with Crippen LogP contribution >= 0.6 is 0 Å². The molecule has 0 radical (unpaired) electrons. The van der Waals surface area contributed by atoms with E-state index in [-0.39, 0.29) is 5.82 Å². The van der Waals surface area contributed by atoms with Gasteiger partial charge in [0, 0.05) is 6.20 Å². The molecule has 6 N–H and O–H groups in total. The van der Waals surface area contributed by atoms with Crippen molar-refractivity contribution in [3.8, 4) is 6.07 Å². The van der Waals surface area contributed by atoms with E-state index in [2.05, 4.69) is 4.98 Å². The van der Waals surface area contributed by atoms with Crippen LogP contribution in [-0.4, -0.2) is 60.9 Å². The average Bonchev–Trinajstić information content (AvgIpc) is 2.49. The van der Waals surface area contributed by atoms with E-state index in [0.29, 0.717) is 0 Å². The van der Waals surface area contributed by atoms with E-state index in [4.69, 9.17) is 10.5 Å². The Morgan fingerprint density at radius 2 is 2.17 bits per heavy atom. The molecule has 0 saturated carbocycles. The van der Waals surface area contributed by atoms with Crippen molar-refractivity contribution in [2.24, 2.45) is 5.41 Å². The van der Waals surface area contributed by atoms with Crippen LogP contribution in [0.2, 0.25) is 0 Å². The third-order valence-corrected chi connectivity index (χ3v) is 3.71. The number of carboxylic acids is 1. The number of carbonyl (C=O) groups is 1. The van der Waals surface area contributed by atoms with Crippen molar-refractivity contribution >= 4 is 11.8 Å². The van der Waals surface area contributed by atoms with Crippen LogP contribution in [0.1, 0.15) is 6.23 Å². The summed E-state index contributed by atoms with van der Waals surface area (Å²) in [5.74, 6) is -1.93. The highest BCUT2D eigenvalue weighted by Crippen LogP contribution is 2.41. The number of aliphatic hydroxyl groups is 3. The number of aromatic nitrogens is 2. The van der Waals surface area contributed by atoms with Gasteiger partial charge in [0.05, 0.1) is 12.7 Å². The van der Waals surface area contributed by atoms with Crippen LogP contribution in [0.25, 0.3) is 0 Å². The molecule has 0 spiro atoms. The summed E-state index contributed by atoms with van der Waals surface area (Å²) < 4.78 is 5.92. The number of aliphatic hydroxyl groups excluding tert-OH is 3. The van der Waals surface area contributed by atoms with Gasteiger partial charge in [0.2, 0.25) is 5.41 Å². The average molecular weight is 326 g/mol. The van der Waals surface area contributed by atoms with E-state index in [0.717, 1.165) is 10.8 Å². The molecule has 5 atom stereocenters. The fraction of sp³-hybridized carbons (Fsp3) is 0.500. The van der Waals surface area contributed by atoms with Crippen molar-refractivity contribution in [2.45, 2.75) is 24.5 Å². The molecular weight excluding hydrogens is 312 g/mol. The molecule has 5 unspecified atom stereocenters. The molecule has 1 fully saturated rings. The quantitative estimate of drug-likeness (QED) is 0.383. The minimum Gasteiger partial charge on any atom is -0.480 e. The SMILES string of the molecule is N#CC1(C(=O)O)C(O)C(CO)OC(n2ccc(N)nc2=O)C1O. The summed E-state index contributed by atoms with van der Waals surface area (Å²) in [5.41, 5.74) is 1.68. The van der Waals surface area contributed by atoms with Crippen molar-refractivity contribution in [1.29, 1.82) is 5.26 Å². The highest BCUT2D eigenvalue weighted by molar-refractivity contribution is 5.80. The zero-order valence-corrected chi connectivity index (χ0v) is 11.6. The van der Waals surface area contributed by atoms with Gasteiger partial charge < -0.3 is 30.9 Å². The van der Waals surface area contributed by atoms with Crippen LogP contribution in [0.3, 0.4) is 0 Å². The van der Waals surface area contributed by atoms with E-state index < -0.39 is 48.2 Å². The maximum Gasteiger partial charge on any atom is 0.351 e. The fourth-order valence-corrected chi connectivity index (χ4v) is 2.43. The number of ether oxygens (including phenoxy) is 1. The maximum absolute atomic E-state index is 11.9. The standard InChI is InChI=1S/C12H14N4O7/c13-4-12(10(20)21)7(18)5(3-17)23-9(8(12)19)16-2-1-6(14)15-11(16)22/h1-2,5,7-9,17-19H,3H2,(H,20,21)(H2,14,15,22). The monoisotopic (exact) mass is 326 g/mol. The Morgan fingerprint density at radius 3 is 2.65 bits per heavy atom. The molecule has 0 aromatic carbocycles. The number of hydrogen-bond donors (Lipinski definition) is 5. The van der Waals surface area contributed by atoms with Crippen molar-refractivity contribution in [3.05, 3.63) is 22.7 Å². The van der Waals surface area contributed by atoms with Gasteiger partial charge in [-0.15, -0.1) is 0 Å². The van der Waals surface area contributed by atoms with Gasteiger partial charge in [-0.05, 0) is 6.07 Å². The summed E-state index contributed by atoms with van der Waals surface area (Å²) >= 11 is 0. The van der Waals surface area contributed by atoms with Gasteiger partial charge in [-0.1, -0.05) is 0 Å². The first-order chi connectivity index (χ1) is 10.8. The second-order valence-electron chi connectivity index (χ2n) is 4.97. The van der Waals surface area contributed by atoms with E-state index in [9.17, 15) is 35.3 Å². The van der Waals surface area contributed by atoms with Crippen LogP contribution < -0.4 is 11.4 Å². The molecule has 124 valence electrons. The third kappa shape index (κ3) is 2.43. The highest BCUT2D eigenvalue weighted by atomic mass is 16.6. The molecule has 1 saturated heterocycles. The normalized spacial score (nSPS) is 33.8. The predicted octanol–water partition coefficient (Wildman–Crippen LogP) is -2.97. The van der Waals surface area contributed by atoms with Crippen LogP contribution in [0.15, 0.2) is 17.1 Å². The molecule has 0 aliphatic carbocycles. The van der Waals surface area contributed by atoms with Crippen LogP contribution in [-0.2, 0) is 9.53 Å². The molecular formula is C12H14N4O7. The molecule has 1 aliphatic rings. The predicted molar refractivity (Wildman–Crippen MR) is 71.6 cm³/mol. The zero-order valence-electron chi connectivity index (χ0n) is 11.6. The van der Waals surface area contributed by atoms with Gasteiger partial charge in [-0.3, -0.25) is 9.36 Å². The Balaban J connectivity index is 2.59. The number of nitrogens with zero attached hydrogens (tertiary/aromatic N) is 3. The Bertz CT molecular complexity index is 714. The molecule has 23 heavy (non-hydrogen) atoms. The number of rotatable bonds is 3. The summed E-state index contributed by atoms with van der Waals surface area (Å²) in [7, 11) is 0. The lowest BCUT2D eigenvalue weighted by Crippen LogP contribution is -2.64. The van der Waals surface area contributed by atoms with Gasteiger partial charge >= 0.3 is 11.7 Å². The Kier molecular flexibility index (Phi) is 4.35. The minimum absolute atomic E-state index is 0.111. The lowest BCUT2D eigenvalue weighted by Gasteiger charge is -2.45. The summed E-state index contributed by atoms with van der Waals surface area (Å²) in [6.07, 6.45) is -6.20. The summed E-state index contributed by atoms with van der Waals surface area (Å²) in [6.45, 7) is -0.835. The van der Waals surface area contributed by atoms with Crippen molar-refractivity contribution in [2.75, 3.05) is 12.3 Å². The number of nitrogen functional groups attached to an aromatic ring is 1. The Hall–Kier alpha value is -2.52. The number of hydrogen-bond acceptors (Lipinski definition) is 9. The van der Waals surface area contributed by atoms with Crippen molar-refractivity contribution in [1.82, 2.24) is 9.55 Å². The summed E-state index contributed by atoms with van der Waals surface area (Å²) in [4.78, 5) is 26.8. The van der Waals surface area contributed by atoms with E-state index in [1.165, 1.54) is 12.1 Å². The number of nitrogens with two attached hydrogens (primary N) is 1. The van der Waals surface area contributed by atoms with E-state index >= 15 is 0 Å². The van der Waals surface area contributed by atoms with Gasteiger partial charge in [0.1, 0.15) is 24.1 Å². The Morgan fingerprint density at radius 1 is 1.52 bits per heavy atom. The molecule has 0 amide bonds. The molecule has 0 bridgehead atoms. The van der Waals surface area contributed by atoms with E-state index in [1.807, 2.05) is 0 Å². The van der Waals surface area contributed by atoms with Gasteiger partial charge in [-0.2, -0.15) is 10.2 Å². The van der Waals surface area contributed by atoms with Crippen molar-refractivity contribution < 1.29 is 30.0 Å². The molecule has 2 heterocycles. The van der Waals surface area contributed by atoms with Crippen LogP contribution in [0, 0.1) is 16.7 Å². The first kappa shape index (κ1) is 16.8. The summed E-state index contributed by atoms with van der Waals surface area (Å²) in [5, 5.41) is 48.1. The number of nitriles is 1. The summed E-state index contributed by atoms with van der Waals surface area (Å²) in [6, 6.07) is 2.56. The first-order valence-electron chi connectivity index (χ1n) is 6.41. The lowest BCUT2D eigenvalue weighted by atomic mass is 9.73. The maximum atomic E-state index is 11.9. The largest absolute Gasteiger partial charge is 0.480 e. The first-order valence-corrected chi connectivity index (χ1v) is 6.41. The smallest absolute Gasteiger partial charge is 0.351 e. The van der Waals surface area contributed by atoms with Gasteiger partial charge in [0.15, 0.2) is 6.23 Å². The van der Waals surface area contributed by atoms with Crippen LogP contribution in [0.5, 0.6) is 0 Å². The minimum atomic E-state index is -2.70. The Labute approximate surface area is 128 Å². The molecule has 1 aliphatic heterocycles. The lowest BCUT2D eigenvalue weighted by molar-refractivity contribution is -0.255. The second kappa shape index (κ2) is 5.94. The second-order valence-corrected chi connectivity index (χ2v) is 4.97. The molecule has 1 aromatic heterocycles. The molecule has 11 nitrogen and oxygen atoms in total. The fourth-order valence-electron chi connectivity index (χ4n) is 2.43. The highest BCUT2D eigenvalue weighted by Gasteiger charge is 2.62. The molecule has 1 aromatic rings. The molecule has 2 rings (SSSR count).